The number of hydrogen-bond acceptors (Lipinski definition) is 9. The number of carbonyl (C=O) groups is 1. The molecule has 1 aliphatic rings. The minimum Gasteiger partial charge on any atom is -0.497 e. The highest BCUT2D eigenvalue weighted by atomic mass is 16.7. The molecule has 0 unspecified atom stereocenters. The molecular weight excluding hydrogens is 254 g/mol. The first-order valence-corrected chi connectivity index (χ1v) is 5.16. The average molecular weight is 265 g/mol. The molecule has 0 bridgehead atoms. The van der Waals surface area contributed by atoms with Crippen LogP contribution in [-0.4, -0.2) is 13.1 Å². The number of nitrogens with zero attached hydrogens (tertiary/aromatic N) is 2. The molecule has 9 heteroatoms. The van der Waals surface area contributed by atoms with Crippen molar-refractivity contribution in [2.75, 3.05) is 12.1 Å². The van der Waals surface area contributed by atoms with Crippen LogP contribution in [0.15, 0.2) is 41.0 Å². The van der Waals surface area contributed by atoms with Crippen molar-refractivity contribution in [3.63, 3.8) is 0 Å². The van der Waals surface area contributed by atoms with E-state index in [4.69, 9.17) is 10.6 Å². The molecule has 0 atom stereocenters. The molecule has 0 aliphatic carbocycles. The summed E-state index contributed by atoms with van der Waals surface area (Å²) in [4.78, 5) is 26.8. The average Bonchev–Trinajstić information content (AvgIpc) is 2.83. The van der Waals surface area contributed by atoms with Gasteiger partial charge < -0.3 is 15.0 Å². The fraction of sp³-hybridized carbons (Fsp3) is 0.100. The largest absolute Gasteiger partial charge is 0.497 e. The summed E-state index contributed by atoms with van der Waals surface area (Å²) in [5.74, 6) is 4.66. The first-order chi connectivity index (χ1) is 9.21. The molecule has 1 aliphatic heterocycles. The normalized spacial score (nSPS) is 16.9. The van der Waals surface area contributed by atoms with Gasteiger partial charge in [-0.2, -0.15) is 0 Å². The van der Waals surface area contributed by atoms with Crippen LogP contribution in [0, 0.1) is 4.91 Å². The minimum absolute atomic E-state index is 0.136. The van der Waals surface area contributed by atoms with Crippen molar-refractivity contribution in [1.82, 2.24) is 11.0 Å². The first-order valence-electron chi connectivity index (χ1n) is 5.16. The highest BCUT2D eigenvalue weighted by Gasteiger charge is 2.33. The maximum absolute atomic E-state index is 11.5. The number of anilines is 1. The maximum atomic E-state index is 11.5. The number of rotatable bonds is 4. The predicted octanol–water partition coefficient (Wildman–Crippen LogP) is -0.123. The Morgan fingerprint density at radius 1 is 1.47 bits per heavy atom. The van der Waals surface area contributed by atoms with Crippen molar-refractivity contribution in [2.24, 2.45) is 11.0 Å². The fourth-order valence-electron chi connectivity index (χ4n) is 1.53. The van der Waals surface area contributed by atoms with E-state index in [0.29, 0.717) is 11.4 Å². The number of nitrogens with two attached hydrogens (primary N) is 1. The summed E-state index contributed by atoms with van der Waals surface area (Å²) in [5, 5.41) is 3.87. The molecule has 2 rings (SSSR count). The lowest BCUT2D eigenvalue weighted by Gasteiger charge is -2.16. The van der Waals surface area contributed by atoms with E-state index in [1.165, 1.54) is 12.1 Å². The van der Waals surface area contributed by atoms with Gasteiger partial charge in [-0.05, 0) is 29.4 Å². The van der Waals surface area contributed by atoms with Crippen LogP contribution < -0.4 is 26.6 Å². The second-order valence-electron chi connectivity index (χ2n) is 3.45. The molecule has 1 aromatic rings. The van der Waals surface area contributed by atoms with Crippen molar-refractivity contribution in [3.8, 4) is 5.75 Å². The lowest BCUT2D eigenvalue weighted by atomic mass is 10.2. The molecule has 4 N–H and O–H groups in total. The van der Waals surface area contributed by atoms with Crippen molar-refractivity contribution in [1.29, 1.82) is 0 Å². The number of hydrogen-bond donors (Lipinski definition) is 3. The third-order valence-corrected chi connectivity index (χ3v) is 2.43. The van der Waals surface area contributed by atoms with Gasteiger partial charge in [-0.1, -0.05) is 5.59 Å². The number of ether oxygens (including phenoxy) is 1. The van der Waals surface area contributed by atoms with Crippen LogP contribution in [0.2, 0.25) is 0 Å². The molecule has 9 nitrogen and oxygen atoms in total. The Kier molecular flexibility index (Phi) is 3.59. The monoisotopic (exact) mass is 265 g/mol. The number of carbonyl (C=O) groups excluding carboxylic acids is 1. The molecule has 0 saturated carbocycles. The second-order valence-corrected chi connectivity index (χ2v) is 3.45. The molecule has 100 valence electrons. The van der Waals surface area contributed by atoms with E-state index in [2.05, 4.69) is 15.6 Å². The zero-order valence-electron chi connectivity index (χ0n) is 9.91. The lowest BCUT2D eigenvalue weighted by Crippen LogP contribution is -2.32. The molecule has 1 aromatic carbocycles. The van der Waals surface area contributed by atoms with Crippen LogP contribution >= 0.6 is 0 Å². The molecule has 0 radical (unpaired) electrons. The van der Waals surface area contributed by atoms with Gasteiger partial charge in [0.1, 0.15) is 5.75 Å². The third-order valence-electron chi connectivity index (χ3n) is 2.43. The van der Waals surface area contributed by atoms with Crippen molar-refractivity contribution in [3.05, 3.63) is 40.7 Å². The Bertz CT molecular complexity index is 527. The van der Waals surface area contributed by atoms with Gasteiger partial charge in [0.2, 0.25) is 5.82 Å². The fourth-order valence-corrected chi connectivity index (χ4v) is 1.53. The summed E-state index contributed by atoms with van der Waals surface area (Å²) in [6.07, 6.45) is 0. The van der Waals surface area contributed by atoms with E-state index < -0.39 is 5.97 Å². The van der Waals surface area contributed by atoms with Crippen LogP contribution in [0.25, 0.3) is 0 Å². The highest BCUT2D eigenvalue weighted by molar-refractivity contribution is 5.95. The number of nitroso groups, excluding NO2 is 1. The van der Waals surface area contributed by atoms with E-state index in [1.807, 2.05) is 5.43 Å². The molecule has 1 heterocycles. The molecule has 0 spiro atoms. The molecular formula is C10H11N5O4. The van der Waals surface area contributed by atoms with Gasteiger partial charge in [-0.15, -0.1) is 4.91 Å². The van der Waals surface area contributed by atoms with Crippen molar-refractivity contribution < 1.29 is 14.4 Å². The number of methoxy groups -OCH3 is 1. The Morgan fingerprint density at radius 3 is 2.68 bits per heavy atom. The van der Waals surface area contributed by atoms with Crippen LogP contribution in [-0.2, 0) is 9.63 Å². The Morgan fingerprint density at radius 2 is 2.16 bits per heavy atom. The zero-order valence-corrected chi connectivity index (χ0v) is 9.91. The van der Waals surface area contributed by atoms with Crippen LogP contribution in [0.4, 0.5) is 5.69 Å². The van der Waals surface area contributed by atoms with Gasteiger partial charge in [0.15, 0.2) is 5.70 Å². The summed E-state index contributed by atoms with van der Waals surface area (Å²) < 4.78 is 5.02. The SMILES string of the molecule is COc1ccc(N2NOC(=O)/C2=C(/N=O)NN)cc1. The second kappa shape index (κ2) is 5.33. The van der Waals surface area contributed by atoms with E-state index in [-0.39, 0.29) is 11.5 Å². The van der Waals surface area contributed by atoms with Crippen LogP contribution in [0.3, 0.4) is 0 Å². The molecule has 1 saturated heterocycles. The van der Waals surface area contributed by atoms with Gasteiger partial charge in [-0.3, -0.25) is 0 Å². The topological polar surface area (TPSA) is 118 Å². The van der Waals surface area contributed by atoms with Crippen LogP contribution in [0.1, 0.15) is 0 Å². The lowest BCUT2D eigenvalue weighted by molar-refractivity contribution is -0.140. The molecule has 1 fully saturated rings. The maximum Gasteiger partial charge on any atom is 0.380 e. The molecule has 0 amide bonds. The number of hydrazine groups is 2. The van der Waals surface area contributed by atoms with Gasteiger partial charge in [0.05, 0.1) is 12.8 Å². The van der Waals surface area contributed by atoms with Gasteiger partial charge in [0, 0.05) is 0 Å². The van der Waals surface area contributed by atoms with Gasteiger partial charge in [-0.25, -0.2) is 15.6 Å². The quantitative estimate of drug-likeness (QED) is 0.298. The first kappa shape index (κ1) is 12.8. The van der Waals surface area contributed by atoms with Crippen molar-refractivity contribution >= 4 is 11.7 Å². The summed E-state index contributed by atoms with van der Waals surface area (Å²) in [7, 11) is 1.54. The summed E-state index contributed by atoms with van der Waals surface area (Å²) in [5.41, 5.74) is 4.79. The number of benzene rings is 1. The smallest absolute Gasteiger partial charge is 0.380 e. The van der Waals surface area contributed by atoms with E-state index in [0.717, 1.165) is 0 Å². The Hall–Kier alpha value is -2.65. The summed E-state index contributed by atoms with van der Waals surface area (Å²) in [6.45, 7) is 0. The van der Waals surface area contributed by atoms with E-state index in [9.17, 15) is 9.70 Å². The van der Waals surface area contributed by atoms with Crippen molar-refractivity contribution in [2.45, 2.75) is 0 Å². The summed E-state index contributed by atoms with van der Waals surface area (Å²) in [6, 6.07) is 6.68. The molecule has 19 heavy (non-hydrogen) atoms. The standard InChI is InChI=1S/C10H11N5O4/c1-18-7-4-2-6(3-5-7)15-8(9(12-11)13-17)10(16)19-14-15/h2-5,12,14H,11H2,1H3/b9-8-. The van der Waals surface area contributed by atoms with E-state index >= 15 is 0 Å². The van der Waals surface area contributed by atoms with Gasteiger partial charge >= 0.3 is 5.97 Å². The predicted molar refractivity (Wildman–Crippen MR) is 64.8 cm³/mol. The number of nitrogens with one attached hydrogen (secondary N) is 2. The summed E-state index contributed by atoms with van der Waals surface area (Å²) >= 11 is 0. The van der Waals surface area contributed by atoms with Gasteiger partial charge in [0.25, 0.3) is 0 Å². The molecule has 0 aromatic heterocycles. The minimum atomic E-state index is -0.775. The zero-order chi connectivity index (χ0) is 13.8. The Balaban J connectivity index is 2.39. The van der Waals surface area contributed by atoms with Crippen LogP contribution in [0.5, 0.6) is 5.75 Å². The Labute approximate surface area is 107 Å². The van der Waals surface area contributed by atoms with E-state index in [1.54, 1.807) is 24.3 Å². The highest BCUT2D eigenvalue weighted by Crippen LogP contribution is 2.25. The third kappa shape index (κ3) is 2.32.